The van der Waals surface area contributed by atoms with E-state index in [-0.39, 0.29) is 10.6 Å². The molecule has 0 fully saturated rings. The third kappa shape index (κ3) is 1.99. The van der Waals surface area contributed by atoms with Crippen molar-refractivity contribution in [2.45, 2.75) is 13.0 Å². The van der Waals surface area contributed by atoms with Crippen LogP contribution >= 0.6 is 0 Å². The number of hydrogen-bond acceptors (Lipinski definition) is 5. The molecule has 0 saturated heterocycles. The van der Waals surface area contributed by atoms with Crippen molar-refractivity contribution in [1.29, 1.82) is 0 Å². The van der Waals surface area contributed by atoms with E-state index in [9.17, 15) is 10.1 Å². The second kappa shape index (κ2) is 4.81. The number of likely N-dealkylation sites (N-methyl/N-ethyl adjacent to an activating group) is 1. The molecule has 6 heteroatoms. The lowest BCUT2D eigenvalue weighted by atomic mass is 9.96. The van der Waals surface area contributed by atoms with E-state index in [0.717, 1.165) is 24.1 Å². The largest absolute Gasteiger partial charge is 0.493 e. The highest BCUT2D eigenvalue weighted by Gasteiger charge is 2.29. The topological polar surface area (TPSA) is 64.8 Å². The summed E-state index contributed by atoms with van der Waals surface area (Å²) in [4.78, 5) is 12.8. The second-order valence-electron chi connectivity index (χ2n) is 4.33. The molecule has 1 aliphatic rings. The molecule has 18 heavy (non-hydrogen) atoms. The summed E-state index contributed by atoms with van der Waals surface area (Å²) >= 11 is 0. The second-order valence-corrected chi connectivity index (χ2v) is 4.33. The van der Waals surface area contributed by atoms with Crippen molar-refractivity contribution in [3.05, 3.63) is 27.3 Å². The minimum Gasteiger partial charge on any atom is -0.493 e. The predicted octanol–water partition coefficient (Wildman–Crippen LogP) is 1.60. The number of ether oxygens (including phenoxy) is 2. The van der Waals surface area contributed by atoms with Crippen molar-refractivity contribution in [2.24, 2.45) is 0 Å². The van der Waals surface area contributed by atoms with E-state index in [1.807, 2.05) is 7.05 Å². The minimum absolute atomic E-state index is 0.106. The zero-order valence-electron chi connectivity index (χ0n) is 10.7. The van der Waals surface area contributed by atoms with Gasteiger partial charge < -0.3 is 14.4 Å². The van der Waals surface area contributed by atoms with Crippen LogP contribution in [0.1, 0.15) is 11.1 Å². The summed E-state index contributed by atoms with van der Waals surface area (Å²) in [6, 6.07) is 1.44. The van der Waals surface area contributed by atoms with Gasteiger partial charge in [0, 0.05) is 18.7 Å². The molecule has 1 aliphatic heterocycles. The van der Waals surface area contributed by atoms with Gasteiger partial charge in [-0.1, -0.05) is 0 Å². The van der Waals surface area contributed by atoms with Gasteiger partial charge in [-0.15, -0.1) is 0 Å². The Hall–Kier alpha value is -1.82. The summed E-state index contributed by atoms with van der Waals surface area (Å²) in [6.45, 7) is 1.42. The Balaban J connectivity index is 2.66. The van der Waals surface area contributed by atoms with Crippen LogP contribution in [0.2, 0.25) is 0 Å². The van der Waals surface area contributed by atoms with Crippen LogP contribution in [0.25, 0.3) is 0 Å². The highest BCUT2D eigenvalue weighted by atomic mass is 16.6. The van der Waals surface area contributed by atoms with Gasteiger partial charge >= 0.3 is 0 Å². The molecule has 1 aromatic rings. The van der Waals surface area contributed by atoms with Crippen LogP contribution in [-0.2, 0) is 13.0 Å². The number of methoxy groups -OCH3 is 2. The van der Waals surface area contributed by atoms with Gasteiger partial charge in [-0.3, -0.25) is 10.1 Å². The van der Waals surface area contributed by atoms with Crippen molar-refractivity contribution in [3.8, 4) is 11.5 Å². The van der Waals surface area contributed by atoms with E-state index in [0.29, 0.717) is 18.0 Å². The van der Waals surface area contributed by atoms with Gasteiger partial charge in [0.2, 0.25) is 0 Å². The number of nitro groups is 1. The molecule has 0 aromatic heterocycles. The molecular formula is C12H16N2O4. The van der Waals surface area contributed by atoms with Crippen LogP contribution in [0, 0.1) is 10.1 Å². The van der Waals surface area contributed by atoms with Crippen LogP contribution in [0.15, 0.2) is 6.07 Å². The molecule has 0 N–H and O–H groups in total. The van der Waals surface area contributed by atoms with Crippen LogP contribution in [-0.4, -0.2) is 37.6 Å². The number of nitrogens with zero attached hydrogens (tertiary/aromatic N) is 2. The fourth-order valence-electron chi connectivity index (χ4n) is 2.35. The molecule has 6 nitrogen and oxygen atoms in total. The molecule has 0 atom stereocenters. The van der Waals surface area contributed by atoms with E-state index in [2.05, 4.69) is 4.90 Å². The molecule has 0 saturated carbocycles. The average Bonchev–Trinajstić information content (AvgIpc) is 2.36. The summed E-state index contributed by atoms with van der Waals surface area (Å²) in [6.07, 6.45) is 0.729. The average molecular weight is 252 g/mol. The molecule has 98 valence electrons. The molecule has 2 rings (SSSR count). The van der Waals surface area contributed by atoms with Gasteiger partial charge in [-0.25, -0.2) is 0 Å². The van der Waals surface area contributed by atoms with Crippen molar-refractivity contribution in [3.63, 3.8) is 0 Å². The standard InChI is InChI=1S/C12H16N2O4/c1-13-5-4-8-9(7-13)10(14(15)16)6-11(17-2)12(8)18-3/h6H,4-5,7H2,1-3H3. The van der Waals surface area contributed by atoms with Crippen LogP contribution < -0.4 is 9.47 Å². The fraction of sp³-hybridized carbons (Fsp3) is 0.500. The van der Waals surface area contributed by atoms with Crippen LogP contribution in [0.5, 0.6) is 11.5 Å². The van der Waals surface area contributed by atoms with E-state index in [1.165, 1.54) is 13.2 Å². The number of fused-ring (bicyclic) bond motifs is 1. The lowest BCUT2D eigenvalue weighted by molar-refractivity contribution is -0.385. The minimum atomic E-state index is -0.361. The van der Waals surface area contributed by atoms with E-state index in [1.54, 1.807) is 7.11 Å². The van der Waals surface area contributed by atoms with Gasteiger partial charge in [0.1, 0.15) is 0 Å². The Bertz CT molecular complexity index is 487. The Morgan fingerprint density at radius 2 is 2.06 bits per heavy atom. The quantitative estimate of drug-likeness (QED) is 0.604. The van der Waals surface area contributed by atoms with E-state index >= 15 is 0 Å². The number of benzene rings is 1. The summed E-state index contributed by atoms with van der Waals surface area (Å²) in [5.41, 5.74) is 1.72. The lowest BCUT2D eigenvalue weighted by Crippen LogP contribution is -2.27. The Morgan fingerprint density at radius 1 is 1.33 bits per heavy atom. The predicted molar refractivity (Wildman–Crippen MR) is 66.2 cm³/mol. The van der Waals surface area contributed by atoms with Crippen molar-refractivity contribution in [2.75, 3.05) is 27.8 Å². The Morgan fingerprint density at radius 3 is 2.61 bits per heavy atom. The summed E-state index contributed by atoms with van der Waals surface area (Å²) in [5.74, 6) is 1.04. The molecule has 1 heterocycles. The van der Waals surface area contributed by atoms with Gasteiger partial charge in [0.05, 0.1) is 30.8 Å². The third-order valence-corrected chi connectivity index (χ3v) is 3.23. The summed E-state index contributed by atoms with van der Waals surface area (Å²) < 4.78 is 10.5. The van der Waals surface area contributed by atoms with E-state index in [4.69, 9.17) is 9.47 Å². The van der Waals surface area contributed by atoms with Crippen molar-refractivity contribution >= 4 is 5.69 Å². The number of nitro benzene ring substituents is 1. The highest BCUT2D eigenvalue weighted by Crippen LogP contribution is 2.41. The molecule has 0 spiro atoms. The maximum absolute atomic E-state index is 11.1. The Labute approximate surface area is 105 Å². The number of rotatable bonds is 3. The van der Waals surface area contributed by atoms with Gasteiger partial charge in [0.15, 0.2) is 11.5 Å². The monoisotopic (exact) mass is 252 g/mol. The highest BCUT2D eigenvalue weighted by molar-refractivity contribution is 5.61. The zero-order chi connectivity index (χ0) is 13.3. The summed E-state index contributed by atoms with van der Waals surface area (Å²) in [5, 5.41) is 11.1. The molecule has 0 unspecified atom stereocenters. The van der Waals surface area contributed by atoms with Crippen molar-refractivity contribution < 1.29 is 14.4 Å². The van der Waals surface area contributed by atoms with Gasteiger partial charge in [-0.05, 0) is 13.5 Å². The number of hydrogen-bond donors (Lipinski definition) is 0. The molecule has 1 aromatic carbocycles. The van der Waals surface area contributed by atoms with Gasteiger partial charge in [-0.2, -0.15) is 0 Å². The molecule has 0 bridgehead atoms. The maximum Gasteiger partial charge on any atom is 0.278 e. The third-order valence-electron chi connectivity index (χ3n) is 3.23. The van der Waals surface area contributed by atoms with Crippen LogP contribution in [0.4, 0.5) is 5.69 Å². The smallest absolute Gasteiger partial charge is 0.278 e. The first-order valence-electron chi connectivity index (χ1n) is 5.68. The zero-order valence-corrected chi connectivity index (χ0v) is 10.7. The SMILES string of the molecule is COc1cc([N+](=O)[O-])c2c(c1OC)CCN(C)C2. The normalized spacial score (nSPS) is 15.1. The molecule has 0 amide bonds. The molecule has 0 radical (unpaired) electrons. The van der Waals surface area contributed by atoms with Crippen molar-refractivity contribution in [1.82, 2.24) is 4.90 Å². The maximum atomic E-state index is 11.1. The first-order chi connectivity index (χ1) is 8.58. The summed E-state index contributed by atoms with van der Waals surface area (Å²) in [7, 11) is 4.99. The van der Waals surface area contributed by atoms with E-state index < -0.39 is 0 Å². The van der Waals surface area contributed by atoms with Crippen LogP contribution in [0.3, 0.4) is 0 Å². The first-order valence-corrected chi connectivity index (χ1v) is 5.68. The fourth-order valence-corrected chi connectivity index (χ4v) is 2.35. The van der Waals surface area contributed by atoms with Gasteiger partial charge in [0.25, 0.3) is 5.69 Å². The molecule has 0 aliphatic carbocycles. The Kier molecular flexibility index (Phi) is 3.38. The first kappa shape index (κ1) is 12.6. The molecular weight excluding hydrogens is 236 g/mol. The lowest BCUT2D eigenvalue weighted by Gasteiger charge is -2.26.